The van der Waals surface area contributed by atoms with Crippen LogP contribution < -0.4 is 0 Å². The second-order valence-corrected chi connectivity index (χ2v) is 9.77. The second-order valence-electron chi connectivity index (χ2n) is 5.92. The topological polar surface area (TPSA) is 36.9 Å². The van der Waals surface area contributed by atoms with Crippen LogP contribution in [-0.2, 0) is 18.3 Å². The van der Waals surface area contributed by atoms with E-state index in [2.05, 4.69) is 13.8 Å². The Balaban J connectivity index is 2.17. The van der Waals surface area contributed by atoms with E-state index in [0.29, 0.717) is 5.41 Å². The average Bonchev–Trinajstić information content (AvgIpc) is 2.45. The number of unbranched alkanes of at least 4 members (excludes halogenated alkanes) is 1. The summed E-state index contributed by atoms with van der Waals surface area (Å²) in [5.41, 5.74) is 0.303. The Morgan fingerprint density at radius 1 is 1.10 bits per heavy atom. The SMILES string of the molecule is CCCCC1(COCCC[Si](CC)(OC)OC)COC1. The minimum Gasteiger partial charge on any atom is -0.398 e. The van der Waals surface area contributed by atoms with Crippen LogP contribution in [0.3, 0.4) is 0 Å². The number of ether oxygens (including phenoxy) is 2. The summed E-state index contributed by atoms with van der Waals surface area (Å²) in [6.45, 7) is 7.76. The Morgan fingerprint density at radius 2 is 1.80 bits per heavy atom. The van der Waals surface area contributed by atoms with Gasteiger partial charge in [-0.05, 0) is 24.9 Å². The molecule has 0 amide bonds. The summed E-state index contributed by atoms with van der Waals surface area (Å²) in [5.74, 6) is 0. The average molecular weight is 305 g/mol. The van der Waals surface area contributed by atoms with E-state index in [-0.39, 0.29) is 0 Å². The van der Waals surface area contributed by atoms with Crippen LogP contribution in [0.15, 0.2) is 0 Å². The zero-order valence-electron chi connectivity index (χ0n) is 13.7. The lowest BCUT2D eigenvalue weighted by Gasteiger charge is -2.41. The highest BCUT2D eigenvalue weighted by Gasteiger charge is 2.38. The summed E-state index contributed by atoms with van der Waals surface area (Å²) in [6.07, 6.45) is 4.76. The zero-order valence-corrected chi connectivity index (χ0v) is 14.7. The van der Waals surface area contributed by atoms with Gasteiger partial charge in [-0.15, -0.1) is 0 Å². The Bertz CT molecular complexity index is 244. The Labute approximate surface area is 125 Å². The van der Waals surface area contributed by atoms with Crippen LogP contribution in [0.1, 0.15) is 39.5 Å². The minimum absolute atomic E-state index is 0.303. The molecule has 4 nitrogen and oxygen atoms in total. The maximum Gasteiger partial charge on any atom is 0.337 e. The molecule has 0 atom stereocenters. The fourth-order valence-corrected chi connectivity index (χ4v) is 4.92. The molecule has 0 aromatic rings. The molecule has 1 rings (SSSR count). The van der Waals surface area contributed by atoms with Gasteiger partial charge < -0.3 is 18.3 Å². The summed E-state index contributed by atoms with van der Waals surface area (Å²) < 4.78 is 22.5. The third-order valence-corrected chi connectivity index (χ3v) is 8.10. The van der Waals surface area contributed by atoms with E-state index < -0.39 is 8.56 Å². The van der Waals surface area contributed by atoms with E-state index in [1.54, 1.807) is 14.2 Å². The first kappa shape index (κ1) is 18.1. The standard InChI is InChI=1S/C15H32O4Si/c1-5-7-9-15(13-19-14-15)12-18-10-8-11-20(6-2,16-3)17-4/h5-14H2,1-4H3. The maximum atomic E-state index is 5.90. The lowest BCUT2D eigenvalue weighted by molar-refractivity contribution is -0.153. The molecule has 1 heterocycles. The number of rotatable bonds is 12. The predicted octanol–water partition coefficient (Wildman–Crippen LogP) is 3.35. The van der Waals surface area contributed by atoms with Crippen molar-refractivity contribution >= 4 is 8.56 Å². The molecule has 0 aromatic carbocycles. The molecule has 0 saturated carbocycles. The molecule has 1 aliphatic heterocycles. The molecule has 0 N–H and O–H groups in total. The first-order valence-corrected chi connectivity index (χ1v) is 10.1. The van der Waals surface area contributed by atoms with Gasteiger partial charge in [0.1, 0.15) is 0 Å². The summed E-state index contributed by atoms with van der Waals surface area (Å²) in [7, 11) is 1.61. The molecule has 0 radical (unpaired) electrons. The predicted molar refractivity (Wildman–Crippen MR) is 83.3 cm³/mol. The van der Waals surface area contributed by atoms with Gasteiger partial charge in [0, 0.05) is 26.2 Å². The molecular formula is C15H32O4Si. The van der Waals surface area contributed by atoms with Crippen LogP contribution in [-0.4, -0.2) is 49.2 Å². The first-order valence-electron chi connectivity index (χ1n) is 7.91. The van der Waals surface area contributed by atoms with E-state index in [9.17, 15) is 0 Å². The minimum atomic E-state index is -1.93. The monoisotopic (exact) mass is 304 g/mol. The Kier molecular flexibility index (Phi) is 8.29. The molecule has 0 unspecified atom stereocenters. The van der Waals surface area contributed by atoms with E-state index >= 15 is 0 Å². The van der Waals surface area contributed by atoms with E-state index in [1.807, 2.05) is 0 Å². The van der Waals surface area contributed by atoms with Gasteiger partial charge in [0.25, 0.3) is 0 Å². The smallest absolute Gasteiger partial charge is 0.337 e. The fourth-order valence-electron chi connectivity index (χ4n) is 2.73. The van der Waals surface area contributed by atoms with Crippen molar-refractivity contribution in [2.24, 2.45) is 5.41 Å². The van der Waals surface area contributed by atoms with Gasteiger partial charge in [0.05, 0.1) is 19.8 Å². The van der Waals surface area contributed by atoms with Crippen LogP contribution in [0.2, 0.25) is 12.1 Å². The summed E-state index contributed by atoms with van der Waals surface area (Å²) >= 11 is 0. The third kappa shape index (κ3) is 5.11. The third-order valence-electron chi connectivity index (χ3n) is 4.41. The molecule has 1 fully saturated rings. The zero-order chi connectivity index (χ0) is 14.9. The molecule has 0 spiro atoms. The number of hydrogen-bond donors (Lipinski definition) is 0. The van der Waals surface area contributed by atoms with Crippen molar-refractivity contribution in [2.45, 2.75) is 51.6 Å². The molecule has 120 valence electrons. The molecular weight excluding hydrogens is 272 g/mol. The normalized spacial score (nSPS) is 18.0. The van der Waals surface area contributed by atoms with Crippen molar-refractivity contribution < 1.29 is 18.3 Å². The highest BCUT2D eigenvalue weighted by molar-refractivity contribution is 6.67. The second kappa shape index (κ2) is 9.15. The van der Waals surface area contributed by atoms with Gasteiger partial charge in [0.2, 0.25) is 0 Å². The van der Waals surface area contributed by atoms with E-state index in [4.69, 9.17) is 18.3 Å². The van der Waals surface area contributed by atoms with Crippen molar-refractivity contribution in [1.82, 2.24) is 0 Å². The van der Waals surface area contributed by atoms with Crippen molar-refractivity contribution in [3.63, 3.8) is 0 Å². The quantitative estimate of drug-likeness (QED) is 0.409. The van der Waals surface area contributed by atoms with Crippen molar-refractivity contribution in [3.8, 4) is 0 Å². The summed E-state index contributed by atoms with van der Waals surface area (Å²) in [6, 6.07) is 2.00. The van der Waals surface area contributed by atoms with Gasteiger partial charge in [-0.1, -0.05) is 26.7 Å². The first-order chi connectivity index (χ1) is 9.66. The van der Waals surface area contributed by atoms with Crippen LogP contribution in [0.4, 0.5) is 0 Å². The number of hydrogen-bond acceptors (Lipinski definition) is 4. The molecule has 0 bridgehead atoms. The largest absolute Gasteiger partial charge is 0.398 e. The van der Waals surface area contributed by atoms with Gasteiger partial charge >= 0.3 is 8.56 Å². The molecule has 1 aliphatic rings. The van der Waals surface area contributed by atoms with E-state index in [1.165, 1.54) is 19.3 Å². The maximum absolute atomic E-state index is 5.90. The van der Waals surface area contributed by atoms with Gasteiger partial charge in [-0.3, -0.25) is 0 Å². The van der Waals surface area contributed by atoms with Crippen LogP contribution in [0.25, 0.3) is 0 Å². The lowest BCUT2D eigenvalue weighted by atomic mass is 9.82. The molecule has 0 aromatic heterocycles. The highest BCUT2D eigenvalue weighted by atomic mass is 28.4. The van der Waals surface area contributed by atoms with E-state index in [0.717, 1.165) is 44.9 Å². The van der Waals surface area contributed by atoms with Gasteiger partial charge in [-0.2, -0.15) is 0 Å². The summed E-state index contributed by atoms with van der Waals surface area (Å²) in [4.78, 5) is 0. The van der Waals surface area contributed by atoms with Crippen molar-refractivity contribution in [3.05, 3.63) is 0 Å². The van der Waals surface area contributed by atoms with Crippen LogP contribution in [0, 0.1) is 5.41 Å². The van der Waals surface area contributed by atoms with Crippen LogP contribution >= 0.6 is 0 Å². The van der Waals surface area contributed by atoms with Gasteiger partial charge in [0.15, 0.2) is 0 Å². The van der Waals surface area contributed by atoms with Crippen LogP contribution in [0.5, 0.6) is 0 Å². The highest BCUT2D eigenvalue weighted by Crippen LogP contribution is 2.33. The molecule has 5 heteroatoms. The Hall–Kier alpha value is 0.0569. The van der Waals surface area contributed by atoms with Crippen molar-refractivity contribution in [2.75, 3.05) is 40.6 Å². The Morgan fingerprint density at radius 3 is 2.25 bits per heavy atom. The van der Waals surface area contributed by atoms with Gasteiger partial charge in [-0.25, -0.2) is 0 Å². The van der Waals surface area contributed by atoms with Crippen molar-refractivity contribution in [1.29, 1.82) is 0 Å². The fraction of sp³-hybridized carbons (Fsp3) is 1.00. The molecule has 20 heavy (non-hydrogen) atoms. The molecule has 0 aliphatic carbocycles. The molecule has 1 saturated heterocycles. The lowest BCUT2D eigenvalue weighted by Crippen LogP contribution is -2.46. The summed E-state index contributed by atoms with van der Waals surface area (Å²) in [5, 5.41) is 0.